The molecule has 20 heavy (non-hydrogen) atoms. The molecule has 0 bridgehead atoms. The maximum Gasteiger partial charge on any atom is 0.312 e. The van der Waals surface area contributed by atoms with Gasteiger partial charge in [-0.3, -0.25) is 9.59 Å². The second kappa shape index (κ2) is 7.12. The van der Waals surface area contributed by atoms with Crippen molar-refractivity contribution in [3.63, 3.8) is 0 Å². The number of esters is 1. The quantitative estimate of drug-likeness (QED) is 0.699. The number of carbonyl (C=O) groups excluding carboxylic acids is 3. The molecule has 1 saturated heterocycles. The Bertz CT molecular complexity index is 386. The Kier molecular flexibility index (Phi) is 5.79. The van der Waals surface area contributed by atoms with Crippen LogP contribution < -0.4 is 11.1 Å². The number of primary amides is 1. The Morgan fingerprint density at radius 3 is 2.60 bits per heavy atom. The zero-order chi connectivity index (χ0) is 15.3. The van der Waals surface area contributed by atoms with Crippen LogP contribution in [-0.4, -0.2) is 49.0 Å². The van der Waals surface area contributed by atoms with Crippen LogP contribution in [0, 0.1) is 11.8 Å². The zero-order valence-corrected chi connectivity index (χ0v) is 12.2. The third-order valence-electron chi connectivity index (χ3n) is 3.81. The third-order valence-corrected chi connectivity index (χ3v) is 3.81. The fraction of sp³-hybridized carbons (Fsp3) is 0.769. The molecule has 3 N–H and O–H groups in total. The fourth-order valence-electron chi connectivity index (χ4n) is 2.35. The van der Waals surface area contributed by atoms with Gasteiger partial charge in [0.2, 0.25) is 5.91 Å². The Balaban J connectivity index is 2.71. The van der Waals surface area contributed by atoms with E-state index in [9.17, 15) is 14.4 Å². The van der Waals surface area contributed by atoms with E-state index >= 15 is 0 Å². The lowest BCUT2D eigenvalue weighted by molar-refractivity contribution is -0.145. The van der Waals surface area contributed by atoms with Gasteiger partial charge in [0.15, 0.2) is 0 Å². The maximum atomic E-state index is 12.4. The van der Waals surface area contributed by atoms with E-state index in [0.29, 0.717) is 19.5 Å². The van der Waals surface area contributed by atoms with Crippen LogP contribution in [0.3, 0.4) is 0 Å². The number of nitrogens with zero attached hydrogens (tertiary/aromatic N) is 1. The summed E-state index contributed by atoms with van der Waals surface area (Å²) in [4.78, 5) is 36.5. The molecule has 7 heteroatoms. The summed E-state index contributed by atoms with van der Waals surface area (Å²) in [5.41, 5.74) is 5.12. The number of hydrogen-bond acceptors (Lipinski definition) is 4. The molecule has 0 saturated carbocycles. The lowest BCUT2D eigenvalue weighted by atomic mass is 9.98. The number of carbonyl (C=O) groups is 3. The van der Waals surface area contributed by atoms with Crippen molar-refractivity contribution >= 4 is 17.9 Å². The first-order chi connectivity index (χ1) is 9.40. The molecule has 0 aromatic carbocycles. The molecule has 114 valence electrons. The average Bonchev–Trinajstić information content (AvgIpc) is 2.91. The number of hydrogen-bond donors (Lipinski definition) is 2. The fourth-order valence-corrected chi connectivity index (χ4v) is 2.35. The second-order valence-corrected chi connectivity index (χ2v) is 5.16. The summed E-state index contributed by atoms with van der Waals surface area (Å²) in [7, 11) is 1.34. The Hall–Kier alpha value is -1.79. The van der Waals surface area contributed by atoms with Crippen molar-refractivity contribution in [2.45, 2.75) is 32.7 Å². The summed E-state index contributed by atoms with van der Waals surface area (Å²) >= 11 is 0. The Morgan fingerprint density at radius 1 is 1.45 bits per heavy atom. The molecule has 3 atom stereocenters. The van der Waals surface area contributed by atoms with Crippen LogP contribution in [-0.2, 0) is 14.3 Å². The molecule has 0 aliphatic carbocycles. The smallest absolute Gasteiger partial charge is 0.312 e. The molecule has 0 aromatic rings. The first kappa shape index (κ1) is 16.3. The van der Waals surface area contributed by atoms with E-state index in [1.807, 2.05) is 13.8 Å². The minimum absolute atomic E-state index is 0.0211. The molecule has 1 aliphatic heterocycles. The number of ether oxygens (including phenoxy) is 1. The molecule has 3 unspecified atom stereocenters. The van der Waals surface area contributed by atoms with E-state index in [4.69, 9.17) is 5.73 Å². The van der Waals surface area contributed by atoms with Crippen molar-refractivity contribution in [1.29, 1.82) is 0 Å². The van der Waals surface area contributed by atoms with E-state index in [-0.39, 0.29) is 23.7 Å². The van der Waals surface area contributed by atoms with Crippen molar-refractivity contribution < 1.29 is 19.1 Å². The first-order valence-corrected chi connectivity index (χ1v) is 6.83. The lowest BCUT2D eigenvalue weighted by Crippen LogP contribution is -2.52. The summed E-state index contributed by atoms with van der Waals surface area (Å²) in [5, 5.41) is 2.50. The average molecular weight is 285 g/mol. The Morgan fingerprint density at radius 2 is 2.10 bits per heavy atom. The van der Waals surface area contributed by atoms with E-state index in [0.717, 1.165) is 6.42 Å². The summed E-state index contributed by atoms with van der Waals surface area (Å²) in [6.07, 6.45) is 1.33. The van der Waals surface area contributed by atoms with Crippen molar-refractivity contribution in [3.8, 4) is 0 Å². The number of methoxy groups -OCH3 is 1. The highest BCUT2D eigenvalue weighted by Crippen LogP contribution is 2.20. The van der Waals surface area contributed by atoms with Gasteiger partial charge >= 0.3 is 12.0 Å². The molecule has 1 rings (SSSR count). The van der Waals surface area contributed by atoms with E-state index < -0.39 is 12.1 Å². The Labute approximate surface area is 118 Å². The minimum Gasteiger partial charge on any atom is -0.469 e. The largest absolute Gasteiger partial charge is 0.469 e. The maximum absolute atomic E-state index is 12.4. The van der Waals surface area contributed by atoms with Crippen LogP contribution >= 0.6 is 0 Å². The van der Waals surface area contributed by atoms with E-state index in [2.05, 4.69) is 10.1 Å². The molecule has 1 aliphatic rings. The van der Waals surface area contributed by atoms with Crippen LogP contribution in [0.5, 0.6) is 0 Å². The second-order valence-electron chi connectivity index (χ2n) is 5.16. The summed E-state index contributed by atoms with van der Waals surface area (Å²) < 4.78 is 4.69. The van der Waals surface area contributed by atoms with Gasteiger partial charge in [-0.15, -0.1) is 0 Å². The highest BCUT2D eigenvalue weighted by Gasteiger charge is 2.36. The molecule has 7 nitrogen and oxygen atoms in total. The molecule has 3 amide bonds. The summed E-state index contributed by atoms with van der Waals surface area (Å²) in [6.45, 7) is 4.64. The van der Waals surface area contributed by atoms with Gasteiger partial charge in [0.1, 0.15) is 6.04 Å². The summed E-state index contributed by atoms with van der Waals surface area (Å²) in [5.74, 6) is -0.796. The van der Waals surface area contributed by atoms with Gasteiger partial charge in [-0.1, -0.05) is 20.3 Å². The normalized spacial score (nSPS) is 21.1. The van der Waals surface area contributed by atoms with Gasteiger partial charge in [0.05, 0.1) is 13.0 Å². The van der Waals surface area contributed by atoms with Crippen LogP contribution in [0.15, 0.2) is 0 Å². The number of nitrogens with two attached hydrogens (primary N) is 1. The van der Waals surface area contributed by atoms with Gasteiger partial charge < -0.3 is 20.7 Å². The molecular formula is C13H23N3O4. The van der Waals surface area contributed by atoms with Gasteiger partial charge in [-0.2, -0.15) is 0 Å². The minimum atomic E-state index is -0.715. The van der Waals surface area contributed by atoms with Gasteiger partial charge in [-0.05, 0) is 12.3 Å². The topological polar surface area (TPSA) is 102 Å². The number of likely N-dealkylation sites (tertiary alicyclic amines) is 1. The van der Waals surface area contributed by atoms with Crippen LogP contribution in [0.1, 0.15) is 26.7 Å². The van der Waals surface area contributed by atoms with Crippen LogP contribution in [0.2, 0.25) is 0 Å². The van der Waals surface area contributed by atoms with Crippen LogP contribution in [0.25, 0.3) is 0 Å². The van der Waals surface area contributed by atoms with Crippen molar-refractivity contribution in [1.82, 2.24) is 10.2 Å². The predicted molar refractivity (Wildman–Crippen MR) is 72.7 cm³/mol. The number of urea groups is 1. The highest BCUT2D eigenvalue weighted by molar-refractivity contribution is 5.87. The molecule has 0 radical (unpaired) electrons. The third kappa shape index (κ3) is 3.85. The van der Waals surface area contributed by atoms with Gasteiger partial charge in [0.25, 0.3) is 0 Å². The molecular weight excluding hydrogens is 262 g/mol. The van der Waals surface area contributed by atoms with Crippen molar-refractivity contribution in [3.05, 3.63) is 0 Å². The van der Waals surface area contributed by atoms with Crippen molar-refractivity contribution in [2.24, 2.45) is 17.6 Å². The number of rotatable bonds is 5. The van der Waals surface area contributed by atoms with E-state index in [1.165, 1.54) is 7.11 Å². The number of amides is 3. The van der Waals surface area contributed by atoms with Gasteiger partial charge in [-0.25, -0.2) is 4.79 Å². The lowest BCUT2D eigenvalue weighted by Gasteiger charge is -2.27. The predicted octanol–water partition coefficient (Wildman–Crippen LogP) is 0.0909. The standard InChI is InChI=1S/C13H23N3O4/c1-4-8(2)10(15-13(14)19)11(17)16-6-5-9(7-16)12(18)20-3/h8-10H,4-7H2,1-3H3,(H3,14,15,19). The van der Waals surface area contributed by atoms with Crippen LogP contribution in [0.4, 0.5) is 4.79 Å². The monoisotopic (exact) mass is 285 g/mol. The SMILES string of the molecule is CCC(C)C(NC(N)=O)C(=O)N1CCC(C(=O)OC)C1. The molecule has 0 spiro atoms. The first-order valence-electron chi connectivity index (χ1n) is 6.83. The highest BCUT2D eigenvalue weighted by atomic mass is 16.5. The molecule has 1 heterocycles. The van der Waals surface area contributed by atoms with Crippen molar-refractivity contribution in [2.75, 3.05) is 20.2 Å². The van der Waals surface area contributed by atoms with E-state index in [1.54, 1.807) is 4.90 Å². The molecule has 0 aromatic heterocycles. The number of nitrogens with one attached hydrogen (secondary N) is 1. The van der Waals surface area contributed by atoms with Gasteiger partial charge in [0, 0.05) is 13.1 Å². The molecule has 1 fully saturated rings. The zero-order valence-electron chi connectivity index (χ0n) is 12.2. The summed E-state index contributed by atoms with van der Waals surface area (Å²) in [6, 6.07) is -1.36.